The van der Waals surface area contributed by atoms with E-state index in [0.717, 1.165) is 19.6 Å². The van der Waals surface area contributed by atoms with E-state index in [-0.39, 0.29) is 29.0 Å². The highest BCUT2D eigenvalue weighted by Crippen LogP contribution is 2.32. The Morgan fingerprint density at radius 2 is 1.93 bits per heavy atom. The number of rotatable bonds is 5. The summed E-state index contributed by atoms with van der Waals surface area (Å²) in [5.41, 5.74) is 0. The average molecular weight is 430 g/mol. The predicted molar refractivity (Wildman–Crippen MR) is 108 cm³/mol. The van der Waals surface area contributed by atoms with Crippen molar-refractivity contribution in [3.63, 3.8) is 0 Å². The number of carbonyl (C=O) groups excluding carboxylic acids is 1. The van der Waals surface area contributed by atoms with Gasteiger partial charge in [0.1, 0.15) is 10.6 Å². The lowest BCUT2D eigenvalue weighted by Crippen LogP contribution is -2.52. The maximum Gasteiger partial charge on any atom is 0.246 e. The van der Waals surface area contributed by atoms with Gasteiger partial charge in [0.05, 0.1) is 13.0 Å². The lowest BCUT2D eigenvalue weighted by atomic mass is 9.98. The zero-order valence-corrected chi connectivity index (χ0v) is 18.0. The van der Waals surface area contributed by atoms with Crippen molar-refractivity contribution < 1.29 is 17.9 Å². The van der Waals surface area contributed by atoms with Crippen molar-refractivity contribution in [1.82, 2.24) is 14.1 Å². The van der Waals surface area contributed by atoms with Crippen LogP contribution >= 0.6 is 11.6 Å². The minimum absolute atomic E-state index is 0.0483. The van der Waals surface area contributed by atoms with Crippen LogP contribution in [0.4, 0.5) is 0 Å². The molecule has 2 fully saturated rings. The fourth-order valence-corrected chi connectivity index (χ4v) is 5.84. The number of amides is 1. The van der Waals surface area contributed by atoms with Gasteiger partial charge in [0.15, 0.2) is 0 Å². The molecule has 0 unspecified atom stereocenters. The van der Waals surface area contributed by atoms with E-state index in [1.807, 2.05) is 4.90 Å². The van der Waals surface area contributed by atoms with Crippen molar-refractivity contribution in [3.8, 4) is 5.75 Å². The molecule has 2 aliphatic rings. The molecular formula is C19H28ClN3O4S. The standard InChI is InChI=1S/C19H28ClN3O4S/c1-3-21-9-11-22(12-10-21)19(24)15-5-4-8-23(14-15)28(25,26)18-13-16(20)6-7-17(18)27-2/h6-7,13,15H,3-5,8-12,14H2,1-2H3/t15-/m0/s1. The maximum atomic E-state index is 13.2. The number of piperazine rings is 1. The highest BCUT2D eigenvalue weighted by atomic mass is 35.5. The van der Waals surface area contributed by atoms with Gasteiger partial charge in [0.2, 0.25) is 15.9 Å². The normalized spacial score (nSPS) is 22.2. The van der Waals surface area contributed by atoms with Crippen molar-refractivity contribution in [2.24, 2.45) is 5.92 Å². The summed E-state index contributed by atoms with van der Waals surface area (Å²) in [6.45, 7) is 6.85. The molecule has 1 aromatic carbocycles. The summed E-state index contributed by atoms with van der Waals surface area (Å²) in [4.78, 5) is 17.2. The van der Waals surface area contributed by atoms with Crippen LogP contribution in [0.15, 0.2) is 23.1 Å². The van der Waals surface area contributed by atoms with Gasteiger partial charge in [-0.1, -0.05) is 18.5 Å². The first kappa shape index (κ1) is 21.4. The van der Waals surface area contributed by atoms with Gasteiger partial charge in [-0.05, 0) is 37.6 Å². The van der Waals surface area contributed by atoms with E-state index in [1.54, 1.807) is 12.1 Å². The van der Waals surface area contributed by atoms with E-state index in [2.05, 4.69) is 11.8 Å². The van der Waals surface area contributed by atoms with Gasteiger partial charge < -0.3 is 14.5 Å². The monoisotopic (exact) mass is 429 g/mol. The van der Waals surface area contributed by atoms with E-state index in [0.29, 0.717) is 37.5 Å². The van der Waals surface area contributed by atoms with Gasteiger partial charge in [-0.2, -0.15) is 4.31 Å². The first-order valence-corrected chi connectivity index (χ1v) is 11.5. The molecule has 2 aliphatic heterocycles. The second kappa shape index (κ2) is 8.98. The molecule has 1 amide bonds. The molecule has 156 valence electrons. The van der Waals surface area contributed by atoms with Crippen molar-refractivity contribution in [3.05, 3.63) is 23.2 Å². The zero-order valence-electron chi connectivity index (χ0n) is 16.4. The van der Waals surface area contributed by atoms with Crippen LogP contribution < -0.4 is 4.74 Å². The molecule has 0 aromatic heterocycles. The molecule has 0 bridgehead atoms. The average Bonchev–Trinajstić information content (AvgIpc) is 2.73. The summed E-state index contributed by atoms with van der Waals surface area (Å²) in [7, 11) is -2.36. The van der Waals surface area contributed by atoms with E-state index < -0.39 is 10.0 Å². The van der Waals surface area contributed by atoms with Crippen LogP contribution in [0.2, 0.25) is 5.02 Å². The van der Waals surface area contributed by atoms with Gasteiger partial charge in [-0.25, -0.2) is 8.42 Å². The fraction of sp³-hybridized carbons (Fsp3) is 0.632. The second-order valence-corrected chi connectivity index (χ2v) is 9.60. The summed E-state index contributed by atoms with van der Waals surface area (Å²) in [6, 6.07) is 4.55. The molecule has 2 heterocycles. The third-order valence-corrected chi connectivity index (χ3v) is 7.73. The van der Waals surface area contributed by atoms with Gasteiger partial charge >= 0.3 is 0 Å². The smallest absolute Gasteiger partial charge is 0.246 e. The number of hydrogen-bond acceptors (Lipinski definition) is 5. The Bertz CT molecular complexity index is 809. The van der Waals surface area contributed by atoms with Crippen LogP contribution in [-0.2, 0) is 14.8 Å². The summed E-state index contributed by atoms with van der Waals surface area (Å²) in [5, 5.41) is 0.331. The Labute approximate surface area is 172 Å². The van der Waals surface area contributed by atoms with Crippen LogP contribution in [0.3, 0.4) is 0 Å². The van der Waals surface area contributed by atoms with Gasteiger partial charge in [-0.15, -0.1) is 0 Å². The van der Waals surface area contributed by atoms with Crippen molar-refractivity contribution in [2.75, 3.05) is 52.9 Å². The van der Waals surface area contributed by atoms with Gasteiger partial charge in [-0.3, -0.25) is 4.79 Å². The molecule has 1 atom stereocenters. The predicted octanol–water partition coefficient (Wildman–Crippen LogP) is 1.91. The second-order valence-electron chi connectivity index (χ2n) is 7.26. The molecular weight excluding hydrogens is 402 g/mol. The number of nitrogens with zero attached hydrogens (tertiary/aromatic N) is 3. The van der Waals surface area contributed by atoms with E-state index in [4.69, 9.17) is 16.3 Å². The fourth-order valence-electron chi connectivity index (χ4n) is 3.90. The number of ether oxygens (including phenoxy) is 1. The minimum Gasteiger partial charge on any atom is -0.495 e. The van der Waals surface area contributed by atoms with Crippen molar-refractivity contribution in [1.29, 1.82) is 0 Å². The molecule has 0 aliphatic carbocycles. The summed E-state index contributed by atoms with van der Waals surface area (Å²) in [6.07, 6.45) is 1.37. The number of likely N-dealkylation sites (N-methyl/N-ethyl adjacent to an activating group) is 1. The molecule has 0 saturated carbocycles. The maximum absolute atomic E-state index is 13.2. The molecule has 0 spiro atoms. The third kappa shape index (κ3) is 4.45. The Hall–Kier alpha value is -1.35. The Balaban J connectivity index is 1.74. The van der Waals surface area contributed by atoms with Crippen LogP contribution in [0.1, 0.15) is 19.8 Å². The zero-order chi connectivity index (χ0) is 20.3. The Kier molecular flexibility index (Phi) is 6.85. The summed E-state index contributed by atoms with van der Waals surface area (Å²) < 4.78 is 33.0. The van der Waals surface area contributed by atoms with Crippen LogP contribution in [0, 0.1) is 5.92 Å². The molecule has 9 heteroatoms. The molecule has 7 nitrogen and oxygen atoms in total. The van der Waals surface area contributed by atoms with E-state index >= 15 is 0 Å². The number of piperidine rings is 1. The number of hydrogen-bond donors (Lipinski definition) is 0. The quantitative estimate of drug-likeness (QED) is 0.715. The Morgan fingerprint density at radius 1 is 1.21 bits per heavy atom. The van der Waals surface area contributed by atoms with Crippen LogP contribution in [0.5, 0.6) is 5.75 Å². The number of carbonyl (C=O) groups is 1. The SMILES string of the molecule is CCN1CCN(C(=O)[C@H]2CCCN(S(=O)(=O)c3cc(Cl)ccc3OC)C2)CC1. The highest BCUT2D eigenvalue weighted by molar-refractivity contribution is 7.89. The first-order valence-electron chi connectivity index (χ1n) is 9.71. The number of methoxy groups -OCH3 is 1. The molecule has 0 radical (unpaired) electrons. The summed E-state index contributed by atoms with van der Waals surface area (Å²) in [5.74, 6) is 0.0177. The summed E-state index contributed by atoms with van der Waals surface area (Å²) >= 11 is 6.02. The first-order chi connectivity index (χ1) is 13.4. The highest BCUT2D eigenvalue weighted by Gasteiger charge is 2.36. The van der Waals surface area contributed by atoms with Crippen molar-refractivity contribution >= 4 is 27.5 Å². The van der Waals surface area contributed by atoms with E-state index in [9.17, 15) is 13.2 Å². The molecule has 3 rings (SSSR count). The van der Waals surface area contributed by atoms with Gasteiger partial charge in [0.25, 0.3) is 0 Å². The molecule has 2 saturated heterocycles. The van der Waals surface area contributed by atoms with Crippen LogP contribution in [0.25, 0.3) is 0 Å². The molecule has 28 heavy (non-hydrogen) atoms. The van der Waals surface area contributed by atoms with Crippen molar-refractivity contribution in [2.45, 2.75) is 24.7 Å². The number of halogens is 1. The minimum atomic E-state index is -3.79. The largest absolute Gasteiger partial charge is 0.495 e. The number of sulfonamides is 1. The lowest BCUT2D eigenvalue weighted by Gasteiger charge is -2.38. The van der Waals surface area contributed by atoms with Crippen LogP contribution in [-0.4, -0.2) is 81.4 Å². The molecule has 1 aromatic rings. The number of benzene rings is 1. The topological polar surface area (TPSA) is 70.2 Å². The Morgan fingerprint density at radius 3 is 2.57 bits per heavy atom. The third-order valence-electron chi connectivity index (χ3n) is 5.61. The lowest BCUT2D eigenvalue weighted by molar-refractivity contribution is -0.138. The van der Waals surface area contributed by atoms with E-state index in [1.165, 1.54) is 17.5 Å². The molecule has 0 N–H and O–H groups in total. The van der Waals surface area contributed by atoms with Gasteiger partial charge in [0, 0.05) is 44.3 Å².